The number of imide groups is 1. The van der Waals surface area contributed by atoms with Gasteiger partial charge in [0, 0.05) is 30.9 Å². The van der Waals surface area contributed by atoms with Crippen LogP contribution in [-0.4, -0.2) is 46.1 Å². The molecule has 1 aromatic heterocycles. The Kier molecular flexibility index (Phi) is 5.29. The molecular weight excluding hydrogens is 368 g/mol. The summed E-state index contributed by atoms with van der Waals surface area (Å²) in [6.07, 6.45) is 8.16. The summed E-state index contributed by atoms with van der Waals surface area (Å²) in [5.41, 5.74) is 3.16. The first kappa shape index (κ1) is 19.1. The number of aliphatic imine (C=N–C) groups is 1. The number of methoxy groups -OCH3 is 1. The maximum atomic E-state index is 12.4. The van der Waals surface area contributed by atoms with Gasteiger partial charge in [0.25, 0.3) is 11.8 Å². The van der Waals surface area contributed by atoms with Crippen LogP contribution in [0.25, 0.3) is 0 Å². The fourth-order valence-electron chi connectivity index (χ4n) is 3.87. The third-order valence-corrected chi connectivity index (χ3v) is 5.54. The molecule has 0 saturated heterocycles. The number of hydrogen-bond acceptors (Lipinski definition) is 5. The van der Waals surface area contributed by atoms with Gasteiger partial charge in [-0.15, -0.1) is 0 Å². The zero-order valence-electron chi connectivity index (χ0n) is 16.7. The highest BCUT2D eigenvalue weighted by atomic mass is 16.5. The second-order valence-electron chi connectivity index (χ2n) is 7.29. The Labute approximate surface area is 169 Å². The lowest BCUT2D eigenvalue weighted by atomic mass is 10.00. The van der Waals surface area contributed by atoms with Crippen molar-refractivity contribution in [1.29, 1.82) is 0 Å². The van der Waals surface area contributed by atoms with Crippen molar-refractivity contribution in [1.82, 2.24) is 14.5 Å². The number of unbranched alkanes of at least 4 members (excludes halogenated alkanes) is 1. The van der Waals surface area contributed by atoms with E-state index < -0.39 is 0 Å². The first-order valence-electron chi connectivity index (χ1n) is 9.85. The van der Waals surface area contributed by atoms with Gasteiger partial charge in [-0.2, -0.15) is 0 Å². The van der Waals surface area contributed by atoms with Gasteiger partial charge in [-0.3, -0.25) is 14.5 Å². The molecule has 0 N–H and O–H groups in total. The lowest BCUT2D eigenvalue weighted by molar-refractivity contribution is 0.0651. The van der Waals surface area contributed by atoms with E-state index in [1.54, 1.807) is 31.4 Å². The molecule has 1 aromatic carbocycles. The Morgan fingerprint density at radius 3 is 2.41 bits per heavy atom. The van der Waals surface area contributed by atoms with Crippen molar-refractivity contribution in [2.75, 3.05) is 13.7 Å². The van der Waals surface area contributed by atoms with Gasteiger partial charge in [-0.1, -0.05) is 12.1 Å². The number of fused-ring (bicyclic) bond motifs is 1. The highest BCUT2D eigenvalue weighted by Gasteiger charge is 2.34. The van der Waals surface area contributed by atoms with E-state index in [1.807, 2.05) is 18.6 Å². The molecule has 0 aliphatic carbocycles. The van der Waals surface area contributed by atoms with Crippen molar-refractivity contribution in [2.24, 2.45) is 4.99 Å². The number of ether oxygens (including phenoxy) is 1. The first-order chi connectivity index (χ1) is 14.1. The molecule has 1 unspecified atom stereocenters. The van der Waals surface area contributed by atoms with Gasteiger partial charge in [-0.25, -0.2) is 9.98 Å². The highest BCUT2D eigenvalue weighted by molar-refractivity contribution is 6.21. The molecule has 0 bridgehead atoms. The third-order valence-electron chi connectivity index (χ3n) is 5.54. The summed E-state index contributed by atoms with van der Waals surface area (Å²) in [5, 5.41) is 0. The van der Waals surface area contributed by atoms with Crippen LogP contribution in [0.2, 0.25) is 0 Å². The van der Waals surface area contributed by atoms with E-state index >= 15 is 0 Å². The minimum atomic E-state index is -0.188. The monoisotopic (exact) mass is 392 g/mol. The molecule has 2 aliphatic heterocycles. The summed E-state index contributed by atoms with van der Waals surface area (Å²) in [7, 11) is 1.62. The number of amides is 2. The van der Waals surface area contributed by atoms with Crippen LogP contribution in [-0.2, 0) is 11.3 Å². The van der Waals surface area contributed by atoms with Crippen LogP contribution in [0.1, 0.15) is 57.3 Å². The van der Waals surface area contributed by atoms with Crippen molar-refractivity contribution in [3.8, 4) is 0 Å². The van der Waals surface area contributed by atoms with Crippen molar-refractivity contribution in [3.05, 3.63) is 65.1 Å². The van der Waals surface area contributed by atoms with E-state index in [1.165, 1.54) is 4.90 Å². The van der Waals surface area contributed by atoms with Crippen LogP contribution < -0.4 is 0 Å². The first-order valence-corrected chi connectivity index (χ1v) is 9.85. The lowest BCUT2D eigenvalue weighted by Crippen LogP contribution is -2.30. The van der Waals surface area contributed by atoms with E-state index in [4.69, 9.17) is 4.74 Å². The number of aryl methyl sites for hydroxylation is 1. The Bertz CT molecular complexity index is 970. The standard InChI is InChI=1S/C22H24N4O3/c1-15-20(16-9-10-19(29-2)23-13-16)24-14-25(15)11-5-6-12-26-21(27)17-7-3-4-8-18(17)22(26)28/h3-4,7-8,10,13-14,16H,5-6,9,11-12H2,1-2H3. The van der Waals surface area contributed by atoms with Crippen molar-refractivity contribution >= 4 is 18.0 Å². The largest absolute Gasteiger partial charge is 0.481 e. The molecule has 2 aromatic rings. The summed E-state index contributed by atoms with van der Waals surface area (Å²) in [6, 6.07) is 7.00. The van der Waals surface area contributed by atoms with Crippen LogP contribution in [0.5, 0.6) is 0 Å². The molecule has 3 heterocycles. The number of carbonyl (C=O) groups excluding carboxylic acids is 2. The maximum absolute atomic E-state index is 12.4. The second-order valence-corrected chi connectivity index (χ2v) is 7.29. The summed E-state index contributed by atoms with van der Waals surface area (Å²) in [6.45, 7) is 3.30. The van der Waals surface area contributed by atoms with E-state index in [2.05, 4.69) is 21.5 Å². The lowest BCUT2D eigenvalue weighted by Gasteiger charge is -2.15. The molecule has 1 atom stereocenters. The number of benzene rings is 1. The Balaban J connectivity index is 1.31. The Morgan fingerprint density at radius 2 is 1.79 bits per heavy atom. The van der Waals surface area contributed by atoms with E-state index in [0.717, 1.165) is 37.2 Å². The Hall–Kier alpha value is -3.22. The Morgan fingerprint density at radius 1 is 1.10 bits per heavy atom. The number of rotatable bonds is 7. The van der Waals surface area contributed by atoms with Crippen LogP contribution in [0.3, 0.4) is 0 Å². The number of allylic oxidation sites excluding steroid dienone is 1. The summed E-state index contributed by atoms with van der Waals surface area (Å²) in [4.78, 5) is 35.1. The van der Waals surface area contributed by atoms with Gasteiger partial charge >= 0.3 is 0 Å². The number of hydrogen-bond donors (Lipinski definition) is 0. The summed E-state index contributed by atoms with van der Waals surface area (Å²) >= 11 is 0. The van der Waals surface area contributed by atoms with Gasteiger partial charge < -0.3 is 9.30 Å². The molecule has 0 fully saturated rings. The number of aromatic nitrogens is 2. The van der Waals surface area contributed by atoms with Gasteiger partial charge in [0.15, 0.2) is 0 Å². The molecule has 150 valence electrons. The molecule has 0 radical (unpaired) electrons. The highest BCUT2D eigenvalue weighted by Crippen LogP contribution is 2.25. The number of nitrogens with zero attached hydrogens (tertiary/aromatic N) is 4. The average Bonchev–Trinajstić information content (AvgIpc) is 3.24. The zero-order valence-corrected chi connectivity index (χ0v) is 16.7. The fraction of sp³-hybridized carbons (Fsp3) is 0.364. The summed E-state index contributed by atoms with van der Waals surface area (Å²) in [5.74, 6) is 0.429. The molecule has 4 rings (SSSR count). The molecule has 7 heteroatoms. The number of carbonyl (C=O) groups is 2. The van der Waals surface area contributed by atoms with E-state index in [-0.39, 0.29) is 17.7 Å². The van der Waals surface area contributed by atoms with Gasteiger partial charge in [0.2, 0.25) is 5.88 Å². The zero-order chi connectivity index (χ0) is 20.4. The predicted octanol–water partition coefficient (Wildman–Crippen LogP) is 3.31. The van der Waals surface area contributed by atoms with Crippen molar-refractivity contribution < 1.29 is 14.3 Å². The predicted molar refractivity (Wildman–Crippen MR) is 109 cm³/mol. The molecule has 0 saturated carbocycles. The minimum absolute atomic E-state index is 0.161. The van der Waals surface area contributed by atoms with Gasteiger partial charge in [-0.05, 0) is 44.4 Å². The molecule has 2 amide bonds. The minimum Gasteiger partial charge on any atom is -0.481 e. The smallest absolute Gasteiger partial charge is 0.261 e. The third kappa shape index (κ3) is 3.60. The van der Waals surface area contributed by atoms with Crippen LogP contribution in [0, 0.1) is 6.92 Å². The van der Waals surface area contributed by atoms with E-state index in [9.17, 15) is 9.59 Å². The van der Waals surface area contributed by atoms with Gasteiger partial charge in [0.1, 0.15) is 0 Å². The summed E-state index contributed by atoms with van der Waals surface area (Å²) < 4.78 is 7.27. The van der Waals surface area contributed by atoms with Crippen LogP contribution in [0.15, 0.2) is 47.5 Å². The second kappa shape index (κ2) is 8.03. The average molecular weight is 392 g/mol. The van der Waals surface area contributed by atoms with Crippen molar-refractivity contribution in [2.45, 2.75) is 38.6 Å². The number of imidazole rings is 1. The molecular formula is C22H24N4O3. The van der Waals surface area contributed by atoms with Crippen LogP contribution in [0.4, 0.5) is 0 Å². The van der Waals surface area contributed by atoms with Crippen molar-refractivity contribution in [3.63, 3.8) is 0 Å². The van der Waals surface area contributed by atoms with E-state index in [0.29, 0.717) is 23.6 Å². The molecule has 2 aliphatic rings. The van der Waals surface area contributed by atoms with Crippen LogP contribution >= 0.6 is 0 Å². The quantitative estimate of drug-likeness (QED) is 0.535. The SMILES string of the molecule is COC1=CCC(c2ncn(CCCCN3C(=O)c4ccccc4C3=O)c2C)C=N1. The molecule has 29 heavy (non-hydrogen) atoms. The molecule has 0 spiro atoms. The topological polar surface area (TPSA) is 76.8 Å². The molecule has 7 nitrogen and oxygen atoms in total. The maximum Gasteiger partial charge on any atom is 0.261 e. The normalized spacial score (nSPS) is 18.2. The van der Waals surface area contributed by atoms with Gasteiger partial charge in [0.05, 0.1) is 30.3 Å². The fourth-order valence-corrected chi connectivity index (χ4v) is 3.87.